The first-order valence-electron chi connectivity index (χ1n) is 8.05. The molecule has 0 saturated carbocycles. The summed E-state index contributed by atoms with van der Waals surface area (Å²) >= 11 is 1.90. The molecule has 0 atom stereocenters. The molecule has 0 fully saturated rings. The Bertz CT molecular complexity index is 1070. The van der Waals surface area contributed by atoms with Crippen LogP contribution in [0, 0.1) is 9.39 Å². The van der Waals surface area contributed by atoms with Crippen LogP contribution in [0.3, 0.4) is 0 Å². The summed E-state index contributed by atoms with van der Waals surface area (Å²) in [7, 11) is 1.31. The van der Waals surface area contributed by atoms with Crippen molar-refractivity contribution in [2.45, 2.75) is 12.6 Å². The van der Waals surface area contributed by atoms with E-state index in [0.717, 1.165) is 10.6 Å². The molecule has 1 amide bonds. The van der Waals surface area contributed by atoms with Gasteiger partial charge in [-0.15, -0.1) is 0 Å². The number of halogens is 5. The zero-order valence-corrected chi connectivity index (χ0v) is 16.8. The summed E-state index contributed by atoms with van der Waals surface area (Å²) in [6.07, 6.45) is -5.32. The third-order valence-electron chi connectivity index (χ3n) is 4.15. The molecule has 1 N–H and O–H groups in total. The van der Waals surface area contributed by atoms with Crippen molar-refractivity contribution < 1.29 is 32.0 Å². The van der Waals surface area contributed by atoms with Crippen LogP contribution in [0.5, 0.6) is 0 Å². The fourth-order valence-corrected chi connectivity index (χ4v) is 3.19. The van der Waals surface area contributed by atoms with Gasteiger partial charge in [0.1, 0.15) is 11.6 Å². The Balaban J connectivity index is 2.04. The Hall–Kier alpha value is -2.64. The Labute approximate surface area is 174 Å². The topological polar surface area (TPSA) is 80.6 Å². The number of pyridine rings is 1. The summed E-state index contributed by atoms with van der Waals surface area (Å²) < 4.78 is 53.3. The molecule has 1 aliphatic heterocycles. The van der Waals surface area contributed by atoms with Crippen molar-refractivity contribution in [2.24, 2.45) is 7.05 Å². The number of carbonyl (C=O) groups excluding carboxylic acids is 2. The van der Waals surface area contributed by atoms with Crippen LogP contribution in [0.2, 0.25) is 0 Å². The highest BCUT2D eigenvalue weighted by molar-refractivity contribution is 14.1. The van der Waals surface area contributed by atoms with E-state index >= 15 is 0 Å². The summed E-state index contributed by atoms with van der Waals surface area (Å²) in [6, 6.07) is 5.34. The van der Waals surface area contributed by atoms with Crippen LogP contribution in [0.1, 0.15) is 15.9 Å². The summed E-state index contributed by atoms with van der Waals surface area (Å²) in [5, 5.41) is 2.92. The van der Waals surface area contributed by atoms with E-state index in [1.54, 1.807) is 6.07 Å². The molecule has 12 heteroatoms. The maximum atomic E-state index is 14.2. The maximum Gasteiger partial charge on any atom is 0.493 e. The largest absolute Gasteiger partial charge is 0.493 e. The second-order valence-electron chi connectivity index (χ2n) is 6.07. The summed E-state index contributed by atoms with van der Waals surface area (Å²) in [5.74, 6) is -4.40. The third-order valence-corrected chi connectivity index (χ3v) is 4.83. The molecule has 0 radical (unpaired) electrons. The van der Waals surface area contributed by atoms with Crippen LogP contribution < -0.4 is 10.9 Å². The molecule has 1 aromatic heterocycles. The number of rotatable bonds is 3. The van der Waals surface area contributed by atoms with Crippen molar-refractivity contribution in [3.63, 3.8) is 0 Å². The molecule has 2 aromatic rings. The molecule has 0 aliphatic carbocycles. The number of nitrogens with zero attached hydrogens (tertiary/aromatic N) is 2. The molecule has 2 heterocycles. The van der Waals surface area contributed by atoms with Crippen LogP contribution in [0.4, 0.5) is 29.1 Å². The minimum absolute atomic E-state index is 0.0356. The van der Waals surface area contributed by atoms with Crippen LogP contribution >= 0.6 is 22.6 Å². The van der Waals surface area contributed by atoms with Crippen LogP contribution in [-0.4, -0.2) is 34.2 Å². The zero-order chi connectivity index (χ0) is 21.5. The van der Waals surface area contributed by atoms with E-state index in [2.05, 4.69) is 10.2 Å². The lowest BCUT2D eigenvalue weighted by Gasteiger charge is -2.29. The monoisotopic (exact) mass is 525 g/mol. The Morgan fingerprint density at radius 1 is 1.24 bits per heavy atom. The van der Waals surface area contributed by atoms with Crippen molar-refractivity contribution in [2.75, 3.05) is 11.9 Å². The Morgan fingerprint density at radius 3 is 2.55 bits per heavy atom. The molecule has 29 heavy (non-hydrogen) atoms. The number of hydroxylamine groups is 2. The molecule has 3 rings (SSSR count). The molecular formula is C17H12F4IN3O4. The highest BCUT2D eigenvalue weighted by Crippen LogP contribution is 2.29. The van der Waals surface area contributed by atoms with Gasteiger partial charge in [-0.3, -0.25) is 14.2 Å². The highest BCUT2D eigenvalue weighted by atomic mass is 127. The van der Waals surface area contributed by atoms with Crippen molar-refractivity contribution in [1.82, 2.24) is 9.63 Å². The van der Waals surface area contributed by atoms with E-state index in [1.807, 2.05) is 22.6 Å². The van der Waals surface area contributed by atoms with Crippen molar-refractivity contribution >= 4 is 46.0 Å². The number of amides is 1. The van der Waals surface area contributed by atoms with Gasteiger partial charge in [0, 0.05) is 16.7 Å². The normalized spacial score (nSPS) is 13.9. The second kappa shape index (κ2) is 7.65. The van der Waals surface area contributed by atoms with Gasteiger partial charge in [-0.05, 0) is 52.8 Å². The predicted octanol–water partition coefficient (Wildman–Crippen LogP) is 2.89. The van der Waals surface area contributed by atoms with Gasteiger partial charge in [0.25, 0.3) is 11.5 Å². The number of carbonyl (C=O) groups is 2. The molecule has 1 aromatic carbocycles. The summed E-state index contributed by atoms with van der Waals surface area (Å²) in [6.45, 7) is -0.363. The third kappa shape index (κ3) is 4.21. The van der Waals surface area contributed by atoms with Gasteiger partial charge >= 0.3 is 12.1 Å². The SMILES string of the molecule is Cn1c(Nc2ccc(I)cc2F)c2c(cc1=O)CCN(OC(=O)C(F)(F)F)C2=O. The van der Waals surface area contributed by atoms with E-state index in [-0.39, 0.29) is 40.7 Å². The Morgan fingerprint density at radius 2 is 1.93 bits per heavy atom. The maximum absolute atomic E-state index is 14.2. The van der Waals surface area contributed by atoms with Gasteiger partial charge in [-0.25, -0.2) is 9.18 Å². The number of benzene rings is 1. The van der Waals surface area contributed by atoms with Gasteiger partial charge in [0.2, 0.25) is 0 Å². The number of nitrogens with one attached hydrogen (secondary N) is 1. The van der Waals surface area contributed by atoms with E-state index < -0.39 is 29.4 Å². The molecule has 1 aliphatic rings. The molecule has 7 nitrogen and oxygen atoms in total. The Kier molecular flexibility index (Phi) is 5.56. The van der Waals surface area contributed by atoms with Gasteiger partial charge in [-0.2, -0.15) is 18.2 Å². The first-order chi connectivity index (χ1) is 13.5. The van der Waals surface area contributed by atoms with Crippen molar-refractivity contribution in [3.8, 4) is 0 Å². The molecule has 0 unspecified atom stereocenters. The molecule has 0 saturated heterocycles. The smallest absolute Gasteiger partial charge is 0.338 e. The first-order valence-corrected chi connectivity index (χ1v) is 9.13. The van der Waals surface area contributed by atoms with Crippen LogP contribution in [0.15, 0.2) is 29.1 Å². The van der Waals surface area contributed by atoms with Gasteiger partial charge in [0.15, 0.2) is 0 Å². The lowest BCUT2D eigenvalue weighted by molar-refractivity contribution is -0.228. The lowest BCUT2D eigenvalue weighted by atomic mass is 10.0. The number of anilines is 2. The van der Waals surface area contributed by atoms with Crippen LogP contribution in [-0.2, 0) is 23.1 Å². The molecule has 0 spiro atoms. The van der Waals surface area contributed by atoms with E-state index in [4.69, 9.17) is 0 Å². The lowest BCUT2D eigenvalue weighted by Crippen LogP contribution is -2.43. The molecular weight excluding hydrogens is 513 g/mol. The van der Waals surface area contributed by atoms with Gasteiger partial charge in [-0.1, -0.05) is 0 Å². The quantitative estimate of drug-likeness (QED) is 0.493. The number of alkyl halides is 3. The van der Waals surface area contributed by atoms with Crippen molar-refractivity contribution in [1.29, 1.82) is 0 Å². The van der Waals surface area contributed by atoms with Gasteiger partial charge in [0.05, 0.1) is 17.8 Å². The number of hydrogen-bond acceptors (Lipinski definition) is 5. The zero-order valence-electron chi connectivity index (χ0n) is 14.6. The van der Waals surface area contributed by atoms with E-state index in [0.29, 0.717) is 3.57 Å². The fraction of sp³-hybridized carbons (Fsp3) is 0.235. The van der Waals surface area contributed by atoms with Gasteiger partial charge < -0.3 is 10.2 Å². The molecule has 0 bridgehead atoms. The number of fused-ring (bicyclic) bond motifs is 1. The predicted molar refractivity (Wildman–Crippen MR) is 101 cm³/mol. The molecule has 154 valence electrons. The minimum Gasteiger partial charge on any atom is -0.338 e. The average Bonchev–Trinajstić information content (AvgIpc) is 2.62. The summed E-state index contributed by atoms with van der Waals surface area (Å²) in [4.78, 5) is 40.2. The average molecular weight is 525 g/mol. The first kappa shape index (κ1) is 21.1. The summed E-state index contributed by atoms with van der Waals surface area (Å²) in [5.41, 5.74) is -0.506. The number of aromatic nitrogens is 1. The number of hydrogen-bond donors (Lipinski definition) is 1. The second-order valence-corrected chi connectivity index (χ2v) is 7.32. The highest BCUT2D eigenvalue weighted by Gasteiger charge is 2.44. The standard InChI is InChI=1S/C17H12F4IN3O4/c1-24-12(26)6-8-4-5-25(29-16(28)17(19,20)21)15(27)13(8)14(24)23-11-3-2-9(22)7-10(11)18/h2-3,6-7,23H,4-5H2,1H3. The van der Waals surface area contributed by atoms with E-state index in [9.17, 15) is 31.9 Å². The fourth-order valence-electron chi connectivity index (χ4n) is 2.74. The minimum atomic E-state index is -5.28. The van der Waals surface area contributed by atoms with E-state index in [1.165, 1.54) is 19.2 Å². The van der Waals surface area contributed by atoms with Crippen LogP contribution in [0.25, 0.3) is 0 Å². The van der Waals surface area contributed by atoms with Crippen molar-refractivity contribution in [3.05, 3.63) is 55.1 Å².